The Morgan fingerprint density at radius 1 is 0.828 bits per heavy atom. The molecule has 3 aromatic rings. The lowest BCUT2D eigenvalue weighted by atomic mass is 10.2. The van der Waals surface area contributed by atoms with Crippen LogP contribution in [0.25, 0.3) is 0 Å². The third-order valence-electron chi connectivity index (χ3n) is 4.16. The maximum atomic E-state index is 12.2. The van der Waals surface area contributed by atoms with E-state index >= 15 is 0 Å². The summed E-state index contributed by atoms with van der Waals surface area (Å²) in [4.78, 5) is 13.4. The molecule has 0 radical (unpaired) electrons. The molecule has 0 spiro atoms. The van der Waals surface area contributed by atoms with Gasteiger partial charge in [0.2, 0.25) is 0 Å². The summed E-state index contributed by atoms with van der Waals surface area (Å²) in [5, 5.41) is 2.86. The molecule has 1 N–H and O–H groups in total. The maximum absolute atomic E-state index is 12.2. The molecule has 0 bridgehead atoms. The van der Waals surface area contributed by atoms with Crippen LogP contribution in [0, 0.1) is 6.92 Å². The number of thioether (sulfide) groups is 1. The third kappa shape index (κ3) is 7.20. The fourth-order valence-electron chi connectivity index (χ4n) is 2.61. The largest absolute Gasteiger partial charge is 0.493 e. The number of hydrogen-bond acceptors (Lipinski definition) is 4. The van der Waals surface area contributed by atoms with Crippen LogP contribution < -0.4 is 14.8 Å². The van der Waals surface area contributed by atoms with Crippen LogP contribution in [0.1, 0.15) is 15.9 Å². The second kappa shape index (κ2) is 11.2. The molecule has 4 nitrogen and oxygen atoms in total. The summed E-state index contributed by atoms with van der Waals surface area (Å²) in [5.41, 5.74) is 1.79. The van der Waals surface area contributed by atoms with E-state index in [4.69, 9.17) is 9.47 Å². The highest BCUT2D eigenvalue weighted by Gasteiger charge is 2.05. The van der Waals surface area contributed by atoms with Gasteiger partial charge in [-0.25, -0.2) is 0 Å². The summed E-state index contributed by atoms with van der Waals surface area (Å²) in [6.45, 7) is 3.52. The molecule has 0 saturated carbocycles. The molecule has 5 heteroatoms. The monoisotopic (exact) mass is 407 g/mol. The first-order chi connectivity index (χ1) is 14.2. The van der Waals surface area contributed by atoms with Crippen LogP contribution >= 0.6 is 11.8 Å². The normalized spacial score (nSPS) is 10.4. The Balaban J connectivity index is 1.34. The van der Waals surface area contributed by atoms with Crippen LogP contribution in [-0.4, -0.2) is 31.4 Å². The van der Waals surface area contributed by atoms with Crippen LogP contribution in [0.3, 0.4) is 0 Å². The SMILES string of the molecule is Cc1ccc(OCCNC(=O)c2ccc(OCCSc3ccccc3)cc2)cc1. The number of rotatable bonds is 10. The first-order valence-corrected chi connectivity index (χ1v) is 10.6. The Kier molecular flexibility index (Phi) is 8.01. The van der Waals surface area contributed by atoms with E-state index in [0.29, 0.717) is 25.3 Å². The molecule has 0 heterocycles. The Morgan fingerprint density at radius 3 is 2.14 bits per heavy atom. The number of carbonyl (C=O) groups is 1. The van der Waals surface area contributed by atoms with Gasteiger partial charge in [0.1, 0.15) is 18.1 Å². The summed E-state index contributed by atoms with van der Waals surface area (Å²) in [5.74, 6) is 2.31. The van der Waals surface area contributed by atoms with Crippen LogP contribution in [0.5, 0.6) is 11.5 Å². The van der Waals surface area contributed by atoms with Crippen molar-refractivity contribution < 1.29 is 14.3 Å². The second-order valence-corrected chi connectivity index (χ2v) is 7.62. The highest BCUT2D eigenvalue weighted by atomic mass is 32.2. The molecule has 0 unspecified atom stereocenters. The number of nitrogens with one attached hydrogen (secondary N) is 1. The Bertz CT molecular complexity index is 880. The fourth-order valence-corrected chi connectivity index (χ4v) is 3.36. The Morgan fingerprint density at radius 2 is 1.45 bits per heavy atom. The summed E-state index contributed by atoms with van der Waals surface area (Å²) in [6, 6.07) is 25.3. The van der Waals surface area contributed by atoms with E-state index in [1.165, 1.54) is 10.5 Å². The molecule has 0 fully saturated rings. The van der Waals surface area contributed by atoms with Crippen molar-refractivity contribution in [3.63, 3.8) is 0 Å². The van der Waals surface area contributed by atoms with E-state index in [2.05, 4.69) is 17.4 Å². The van der Waals surface area contributed by atoms with Crippen molar-refractivity contribution in [2.45, 2.75) is 11.8 Å². The van der Waals surface area contributed by atoms with E-state index in [1.54, 1.807) is 23.9 Å². The molecule has 0 aromatic heterocycles. The van der Waals surface area contributed by atoms with Crippen molar-refractivity contribution in [1.29, 1.82) is 0 Å². The van der Waals surface area contributed by atoms with E-state index in [-0.39, 0.29) is 5.91 Å². The number of ether oxygens (including phenoxy) is 2. The molecule has 29 heavy (non-hydrogen) atoms. The minimum absolute atomic E-state index is 0.122. The highest BCUT2D eigenvalue weighted by Crippen LogP contribution is 2.18. The van der Waals surface area contributed by atoms with Crippen molar-refractivity contribution >= 4 is 17.7 Å². The first kappa shape index (κ1) is 20.8. The summed E-state index contributed by atoms with van der Waals surface area (Å²) >= 11 is 1.76. The fraction of sp³-hybridized carbons (Fsp3) is 0.208. The van der Waals surface area contributed by atoms with E-state index in [1.807, 2.05) is 61.5 Å². The van der Waals surface area contributed by atoms with Crippen LogP contribution in [0.15, 0.2) is 83.8 Å². The zero-order chi connectivity index (χ0) is 20.3. The molecule has 0 saturated heterocycles. The lowest BCUT2D eigenvalue weighted by Gasteiger charge is -2.09. The lowest BCUT2D eigenvalue weighted by molar-refractivity contribution is 0.0947. The molecule has 3 aromatic carbocycles. The van der Waals surface area contributed by atoms with Gasteiger partial charge >= 0.3 is 0 Å². The summed E-state index contributed by atoms with van der Waals surface area (Å²) in [6.07, 6.45) is 0. The third-order valence-corrected chi connectivity index (χ3v) is 5.13. The Hall–Kier alpha value is -2.92. The predicted molar refractivity (Wildman–Crippen MR) is 118 cm³/mol. The molecule has 150 valence electrons. The highest BCUT2D eigenvalue weighted by molar-refractivity contribution is 7.99. The van der Waals surface area contributed by atoms with Crippen molar-refractivity contribution in [2.24, 2.45) is 0 Å². The molecule has 0 aliphatic heterocycles. The smallest absolute Gasteiger partial charge is 0.251 e. The summed E-state index contributed by atoms with van der Waals surface area (Å²) in [7, 11) is 0. The average molecular weight is 408 g/mol. The lowest BCUT2D eigenvalue weighted by Crippen LogP contribution is -2.28. The van der Waals surface area contributed by atoms with Gasteiger partial charge in [0.25, 0.3) is 5.91 Å². The van der Waals surface area contributed by atoms with Crippen molar-refractivity contribution in [2.75, 3.05) is 25.5 Å². The van der Waals surface area contributed by atoms with Gasteiger partial charge in [0.05, 0.1) is 13.2 Å². The zero-order valence-electron chi connectivity index (χ0n) is 16.5. The van der Waals surface area contributed by atoms with Crippen LogP contribution in [-0.2, 0) is 0 Å². The van der Waals surface area contributed by atoms with E-state index in [0.717, 1.165) is 17.3 Å². The van der Waals surface area contributed by atoms with Crippen molar-refractivity contribution in [1.82, 2.24) is 5.32 Å². The van der Waals surface area contributed by atoms with Gasteiger partial charge in [-0.05, 0) is 55.5 Å². The van der Waals surface area contributed by atoms with E-state index < -0.39 is 0 Å². The standard InChI is InChI=1S/C24H25NO3S/c1-19-7-11-21(12-8-19)27-16-15-25-24(26)20-9-13-22(14-10-20)28-17-18-29-23-5-3-2-4-6-23/h2-14H,15-18H2,1H3,(H,25,26). The van der Waals surface area contributed by atoms with Gasteiger partial charge in [-0.2, -0.15) is 0 Å². The Labute approximate surface area is 176 Å². The molecule has 3 rings (SSSR count). The number of carbonyl (C=O) groups excluding carboxylic acids is 1. The topological polar surface area (TPSA) is 47.6 Å². The first-order valence-electron chi connectivity index (χ1n) is 9.59. The van der Waals surface area contributed by atoms with Gasteiger partial charge in [0, 0.05) is 16.2 Å². The quantitative estimate of drug-likeness (QED) is 0.381. The zero-order valence-corrected chi connectivity index (χ0v) is 17.3. The van der Waals surface area contributed by atoms with Gasteiger partial charge in [-0.3, -0.25) is 4.79 Å². The van der Waals surface area contributed by atoms with E-state index in [9.17, 15) is 4.79 Å². The number of benzene rings is 3. The number of hydrogen-bond donors (Lipinski definition) is 1. The number of amides is 1. The van der Waals surface area contributed by atoms with Gasteiger partial charge in [-0.1, -0.05) is 35.9 Å². The average Bonchev–Trinajstić information content (AvgIpc) is 2.76. The molecule has 0 aliphatic carbocycles. The van der Waals surface area contributed by atoms with Gasteiger partial charge in [0.15, 0.2) is 0 Å². The maximum Gasteiger partial charge on any atom is 0.251 e. The minimum atomic E-state index is -0.122. The van der Waals surface area contributed by atoms with Crippen molar-refractivity contribution in [3.8, 4) is 11.5 Å². The molecule has 0 aliphatic rings. The number of aryl methyl sites for hydroxylation is 1. The van der Waals surface area contributed by atoms with Crippen molar-refractivity contribution in [3.05, 3.63) is 90.0 Å². The summed E-state index contributed by atoms with van der Waals surface area (Å²) < 4.78 is 11.4. The van der Waals surface area contributed by atoms with Gasteiger partial charge < -0.3 is 14.8 Å². The van der Waals surface area contributed by atoms with Gasteiger partial charge in [-0.15, -0.1) is 11.8 Å². The van der Waals surface area contributed by atoms with Crippen LogP contribution in [0.2, 0.25) is 0 Å². The molecular formula is C24H25NO3S. The predicted octanol–water partition coefficient (Wildman–Crippen LogP) is 4.97. The molecular weight excluding hydrogens is 382 g/mol. The minimum Gasteiger partial charge on any atom is -0.493 e. The van der Waals surface area contributed by atoms with Crippen LogP contribution in [0.4, 0.5) is 0 Å². The molecule has 1 amide bonds. The molecule has 0 atom stereocenters. The second-order valence-electron chi connectivity index (χ2n) is 6.45.